The molecule has 0 amide bonds. The molecule has 31 heavy (non-hydrogen) atoms. The second kappa shape index (κ2) is 8.63. The summed E-state index contributed by atoms with van der Waals surface area (Å²) in [5, 5.41) is 31.5. The zero-order valence-corrected chi connectivity index (χ0v) is 20.2. The Morgan fingerprint density at radius 2 is 1.68 bits per heavy atom. The maximum Gasteiger partial charge on any atom is 0.303 e. The van der Waals surface area contributed by atoms with Crippen molar-refractivity contribution in [3.63, 3.8) is 0 Å². The molecule has 178 valence electrons. The van der Waals surface area contributed by atoms with E-state index in [1.165, 1.54) is 25.7 Å². The molecule has 11 atom stereocenters. The fraction of sp³-hybridized carbons (Fsp3) is 0.963. The summed E-state index contributed by atoms with van der Waals surface area (Å²) in [6.07, 6.45) is 10.5. The van der Waals surface area contributed by atoms with Gasteiger partial charge in [0.05, 0.1) is 12.2 Å². The van der Waals surface area contributed by atoms with Crippen LogP contribution < -0.4 is 0 Å². The minimum absolute atomic E-state index is 0.194. The lowest BCUT2D eigenvalue weighted by molar-refractivity contribution is -0.204. The van der Waals surface area contributed by atoms with E-state index in [0.29, 0.717) is 41.4 Å². The highest BCUT2D eigenvalue weighted by molar-refractivity contribution is 5.66. The molecular formula is C27H46O4. The van der Waals surface area contributed by atoms with Gasteiger partial charge in [-0.05, 0) is 110 Å². The number of carboxylic acid groups (broad SMARTS) is 1. The van der Waals surface area contributed by atoms with Crippen molar-refractivity contribution in [2.24, 2.45) is 52.3 Å². The Hall–Kier alpha value is -0.610. The molecule has 4 heteroatoms. The Labute approximate surface area is 189 Å². The Balaban J connectivity index is 1.62. The van der Waals surface area contributed by atoms with Crippen LogP contribution in [0.3, 0.4) is 0 Å². The minimum atomic E-state index is -0.682. The summed E-state index contributed by atoms with van der Waals surface area (Å²) in [5.74, 6) is 2.60. The first kappa shape index (κ1) is 23.5. The standard InChI is InChI=1S/C27H46O4/c1-5-6-18-22-15-17(28)11-13-27(22,4)21-12-14-26(3)19(16(2)7-10-23(29)30)8-9-20(26)24(21)25(18)31/h16-22,24-25,28,31H,5-15H2,1-4H3,(H,29,30)/t16-,17-,18-,19-,20+,21+,22+,24+,25-,26-,27-/m1/s1. The van der Waals surface area contributed by atoms with E-state index in [2.05, 4.69) is 27.7 Å². The van der Waals surface area contributed by atoms with E-state index < -0.39 is 5.97 Å². The van der Waals surface area contributed by atoms with Gasteiger partial charge >= 0.3 is 5.97 Å². The van der Waals surface area contributed by atoms with Crippen LogP contribution in [-0.4, -0.2) is 33.5 Å². The number of carbonyl (C=O) groups is 1. The van der Waals surface area contributed by atoms with Crippen molar-refractivity contribution in [2.45, 2.75) is 111 Å². The van der Waals surface area contributed by atoms with Gasteiger partial charge in [0.2, 0.25) is 0 Å². The smallest absolute Gasteiger partial charge is 0.303 e. The Morgan fingerprint density at radius 3 is 2.35 bits per heavy atom. The second-order valence-corrected chi connectivity index (χ2v) is 12.4. The van der Waals surface area contributed by atoms with Crippen LogP contribution in [0.15, 0.2) is 0 Å². The summed E-state index contributed by atoms with van der Waals surface area (Å²) in [6, 6.07) is 0. The van der Waals surface area contributed by atoms with E-state index in [9.17, 15) is 20.1 Å². The highest BCUT2D eigenvalue weighted by Crippen LogP contribution is 2.69. The molecule has 0 saturated heterocycles. The van der Waals surface area contributed by atoms with Crippen LogP contribution in [-0.2, 0) is 4.79 Å². The molecule has 4 fully saturated rings. The maximum atomic E-state index is 11.8. The lowest BCUT2D eigenvalue weighted by Gasteiger charge is -2.65. The topological polar surface area (TPSA) is 77.8 Å². The summed E-state index contributed by atoms with van der Waals surface area (Å²) < 4.78 is 0. The van der Waals surface area contributed by atoms with Crippen LogP contribution in [0.5, 0.6) is 0 Å². The largest absolute Gasteiger partial charge is 0.481 e. The van der Waals surface area contributed by atoms with E-state index in [1.54, 1.807) is 0 Å². The van der Waals surface area contributed by atoms with Gasteiger partial charge < -0.3 is 15.3 Å². The number of fused-ring (bicyclic) bond motifs is 5. The van der Waals surface area contributed by atoms with Crippen molar-refractivity contribution in [1.82, 2.24) is 0 Å². The fourth-order valence-corrected chi connectivity index (χ4v) is 9.66. The lowest BCUT2D eigenvalue weighted by Crippen LogP contribution is -2.62. The van der Waals surface area contributed by atoms with Gasteiger partial charge in [0.15, 0.2) is 0 Å². The quantitative estimate of drug-likeness (QED) is 0.515. The van der Waals surface area contributed by atoms with Crippen molar-refractivity contribution < 1.29 is 20.1 Å². The molecule has 4 aliphatic rings. The molecule has 0 radical (unpaired) electrons. The van der Waals surface area contributed by atoms with E-state index in [1.807, 2.05) is 0 Å². The zero-order chi connectivity index (χ0) is 22.6. The van der Waals surface area contributed by atoms with E-state index in [-0.39, 0.29) is 29.5 Å². The number of aliphatic carboxylic acids is 1. The third kappa shape index (κ3) is 3.78. The van der Waals surface area contributed by atoms with E-state index in [4.69, 9.17) is 0 Å². The van der Waals surface area contributed by atoms with Gasteiger partial charge in [0, 0.05) is 6.42 Å². The molecule has 0 aromatic carbocycles. The molecule has 0 aromatic heterocycles. The number of aliphatic hydroxyl groups excluding tert-OH is 2. The monoisotopic (exact) mass is 434 g/mol. The zero-order valence-electron chi connectivity index (χ0n) is 20.2. The van der Waals surface area contributed by atoms with Crippen molar-refractivity contribution in [3.05, 3.63) is 0 Å². The molecule has 4 rings (SSSR count). The number of hydrogen-bond donors (Lipinski definition) is 3. The van der Waals surface area contributed by atoms with Crippen LogP contribution in [0.4, 0.5) is 0 Å². The first-order valence-corrected chi connectivity index (χ1v) is 13.2. The van der Waals surface area contributed by atoms with E-state index >= 15 is 0 Å². The van der Waals surface area contributed by atoms with E-state index in [0.717, 1.165) is 38.5 Å². The molecule has 0 heterocycles. The molecule has 0 spiro atoms. The third-order valence-electron chi connectivity index (χ3n) is 11.1. The molecule has 4 nitrogen and oxygen atoms in total. The Bertz CT molecular complexity index is 664. The summed E-state index contributed by atoms with van der Waals surface area (Å²) in [7, 11) is 0. The Kier molecular flexibility index (Phi) is 6.55. The predicted octanol–water partition coefficient (Wildman–Crippen LogP) is 5.50. The minimum Gasteiger partial charge on any atom is -0.481 e. The molecule has 0 aliphatic heterocycles. The molecule has 0 aromatic rings. The second-order valence-electron chi connectivity index (χ2n) is 12.4. The van der Waals surface area contributed by atoms with Crippen LogP contribution in [0.1, 0.15) is 98.3 Å². The lowest BCUT2D eigenvalue weighted by atomic mass is 9.41. The highest BCUT2D eigenvalue weighted by Gasteiger charge is 2.64. The van der Waals surface area contributed by atoms with Crippen molar-refractivity contribution >= 4 is 5.97 Å². The number of aliphatic hydroxyl groups is 2. The molecule has 4 saturated carbocycles. The van der Waals surface area contributed by atoms with Gasteiger partial charge in [-0.3, -0.25) is 4.79 Å². The molecule has 0 unspecified atom stereocenters. The van der Waals surface area contributed by atoms with Crippen molar-refractivity contribution in [3.8, 4) is 0 Å². The summed E-state index contributed by atoms with van der Waals surface area (Å²) in [5.41, 5.74) is 0.478. The molecule has 4 aliphatic carbocycles. The van der Waals surface area contributed by atoms with Crippen LogP contribution >= 0.6 is 0 Å². The summed E-state index contributed by atoms with van der Waals surface area (Å²) >= 11 is 0. The van der Waals surface area contributed by atoms with Crippen molar-refractivity contribution in [1.29, 1.82) is 0 Å². The van der Waals surface area contributed by atoms with Gasteiger partial charge in [-0.2, -0.15) is 0 Å². The molecule has 0 bridgehead atoms. The maximum absolute atomic E-state index is 11.8. The average molecular weight is 435 g/mol. The first-order valence-electron chi connectivity index (χ1n) is 13.2. The van der Waals surface area contributed by atoms with Gasteiger partial charge in [-0.15, -0.1) is 0 Å². The van der Waals surface area contributed by atoms with Crippen molar-refractivity contribution in [2.75, 3.05) is 0 Å². The Morgan fingerprint density at radius 1 is 1.00 bits per heavy atom. The normalized spacial score (nSPS) is 50.3. The van der Waals surface area contributed by atoms with Gasteiger partial charge in [0.25, 0.3) is 0 Å². The highest BCUT2D eigenvalue weighted by atomic mass is 16.4. The van der Waals surface area contributed by atoms with Crippen LogP contribution in [0.25, 0.3) is 0 Å². The van der Waals surface area contributed by atoms with Crippen LogP contribution in [0.2, 0.25) is 0 Å². The number of hydrogen-bond acceptors (Lipinski definition) is 3. The number of rotatable bonds is 6. The molecular weight excluding hydrogens is 388 g/mol. The summed E-state index contributed by atoms with van der Waals surface area (Å²) in [6.45, 7) is 9.48. The van der Waals surface area contributed by atoms with Crippen LogP contribution in [0, 0.1) is 52.3 Å². The number of carboxylic acids is 1. The third-order valence-corrected chi connectivity index (χ3v) is 11.1. The SMILES string of the molecule is CCC[C@H]1[C@@H](O)[C@@H]2[C@H](CC[C@]3(C)[C@@H]([C@H](C)CCC(=O)O)CC[C@@H]23)[C@@]2(C)CC[C@@H](O)C[C@@H]12. The fourth-order valence-electron chi connectivity index (χ4n) is 9.66. The average Bonchev–Trinajstić information content (AvgIpc) is 3.07. The summed E-state index contributed by atoms with van der Waals surface area (Å²) in [4.78, 5) is 11.2. The predicted molar refractivity (Wildman–Crippen MR) is 122 cm³/mol. The van der Waals surface area contributed by atoms with Gasteiger partial charge in [-0.1, -0.05) is 34.1 Å². The van der Waals surface area contributed by atoms with Gasteiger partial charge in [0.1, 0.15) is 0 Å². The first-order chi connectivity index (χ1) is 14.6. The van der Waals surface area contributed by atoms with Gasteiger partial charge in [-0.25, -0.2) is 0 Å². The molecule has 3 N–H and O–H groups in total.